The Labute approximate surface area is 172 Å². The molecule has 0 aliphatic rings. The third-order valence-electron chi connectivity index (χ3n) is 5.19. The maximum Gasteiger partial charge on any atom is 0.262 e. The van der Waals surface area contributed by atoms with Crippen LogP contribution in [0.5, 0.6) is 5.75 Å². The summed E-state index contributed by atoms with van der Waals surface area (Å²) in [5, 5.41) is 4.84. The summed E-state index contributed by atoms with van der Waals surface area (Å²) in [6.45, 7) is 0.580. The summed E-state index contributed by atoms with van der Waals surface area (Å²) < 4.78 is 8.62. The number of hydrogen-bond donors (Lipinski definition) is 0. The number of aryl methyl sites for hydroxylation is 2. The molecule has 148 valence electrons. The van der Waals surface area contributed by atoms with Crippen LogP contribution in [0.4, 0.5) is 0 Å². The zero-order valence-corrected chi connectivity index (χ0v) is 16.4. The summed E-state index contributed by atoms with van der Waals surface area (Å²) in [5.41, 5.74) is 3.21. The molecule has 0 saturated heterocycles. The molecule has 3 heterocycles. The lowest BCUT2D eigenvalue weighted by atomic mass is 10.1. The molecule has 0 unspecified atom stereocenters. The van der Waals surface area contributed by atoms with Crippen molar-refractivity contribution < 1.29 is 4.74 Å². The lowest BCUT2D eigenvalue weighted by Crippen LogP contribution is -2.22. The highest BCUT2D eigenvalue weighted by atomic mass is 16.5. The van der Waals surface area contributed by atoms with Gasteiger partial charge in [-0.05, 0) is 42.3 Å². The summed E-state index contributed by atoms with van der Waals surface area (Å²) in [7, 11) is 1.62. The van der Waals surface area contributed by atoms with Gasteiger partial charge in [0.05, 0.1) is 23.7 Å². The summed E-state index contributed by atoms with van der Waals surface area (Å²) in [6, 6.07) is 19.5. The van der Waals surface area contributed by atoms with E-state index in [1.165, 1.54) is 11.9 Å². The van der Waals surface area contributed by atoms with Crippen LogP contribution >= 0.6 is 0 Å². The van der Waals surface area contributed by atoms with Crippen molar-refractivity contribution >= 4 is 16.7 Å². The smallest absolute Gasteiger partial charge is 0.262 e. The second-order valence-corrected chi connectivity index (χ2v) is 6.97. The highest BCUT2D eigenvalue weighted by Crippen LogP contribution is 2.27. The Morgan fingerprint density at radius 2 is 1.80 bits per heavy atom. The molecule has 0 saturated carbocycles. The van der Waals surface area contributed by atoms with Crippen LogP contribution in [0.25, 0.3) is 27.9 Å². The van der Waals surface area contributed by atoms with Crippen molar-refractivity contribution in [3.8, 4) is 17.0 Å². The summed E-state index contributed by atoms with van der Waals surface area (Å²) >= 11 is 0. The van der Waals surface area contributed by atoms with Crippen molar-refractivity contribution in [3.63, 3.8) is 0 Å². The Bertz CT molecular complexity index is 1390. The van der Waals surface area contributed by atoms with Crippen LogP contribution < -0.4 is 10.3 Å². The van der Waals surface area contributed by atoms with Gasteiger partial charge in [0, 0.05) is 18.3 Å². The van der Waals surface area contributed by atoms with Crippen LogP contribution in [-0.2, 0) is 13.0 Å². The maximum atomic E-state index is 13.5. The SMILES string of the molecule is COc1ccc(-c2c3c(=O)n(CCc4ccccc4)ccc3nc3ncnn23)cc1. The van der Waals surface area contributed by atoms with E-state index < -0.39 is 0 Å². The van der Waals surface area contributed by atoms with E-state index >= 15 is 0 Å². The van der Waals surface area contributed by atoms with Gasteiger partial charge in [0.2, 0.25) is 0 Å². The van der Waals surface area contributed by atoms with Crippen LogP contribution in [-0.4, -0.2) is 31.3 Å². The summed E-state index contributed by atoms with van der Waals surface area (Å²) in [6.07, 6.45) is 4.01. The third-order valence-corrected chi connectivity index (χ3v) is 5.19. The molecule has 2 aromatic carbocycles. The molecule has 0 radical (unpaired) electrons. The van der Waals surface area contributed by atoms with E-state index in [1.807, 2.05) is 48.5 Å². The van der Waals surface area contributed by atoms with Crippen molar-refractivity contribution in [3.05, 3.63) is 89.1 Å². The topological polar surface area (TPSA) is 74.3 Å². The summed E-state index contributed by atoms with van der Waals surface area (Å²) in [4.78, 5) is 22.2. The van der Waals surface area contributed by atoms with Crippen LogP contribution in [0, 0.1) is 0 Å². The van der Waals surface area contributed by atoms with Crippen LogP contribution in [0.15, 0.2) is 78.0 Å². The molecule has 3 aromatic heterocycles. The fourth-order valence-electron chi connectivity index (χ4n) is 3.65. The van der Waals surface area contributed by atoms with Gasteiger partial charge in [0.15, 0.2) is 0 Å². The maximum absolute atomic E-state index is 13.5. The van der Waals surface area contributed by atoms with Crippen molar-refractivity contribution in [1.29, 1.82) is 0 Å². The predicted octanol–water partition coefficient (Wildman–Crippen LogP) is 3.36. The number of rotatable bonds is 5. The quantitative estimate of drug-likeness (QED) is 0.455. The van der Waals surface area contributed by atoms with Crippen molar-refractivity contribution in [1.82, 2.24) is 24.1 Å². The molecule has 0 atom stereocenters. The van der Waals surface area contributed by atoms with E-state index in [4.69, 9.17) is 4.74 Å². The van der Waals surface area contributed by atoms with Gasteiger partial charge in [-0.1, -0.05) is 30.3 Å². The fraction of sp³-hybridized carbons (Fsp3) is 0.130. The van der Waals surface area contributed by atoms with E-state index in [0.717, 1.165) is 17.7 Å². The van der Waals surface area contributed by atoms with E-state index in [0.29, 0.717) is 28.9 Å². The largest absolute Gasteiger partial charge is 0.497 e. The highest BCUT2D eigenvalue weighted by molar-refractivity contribution is 5.93. The molecule has 5 aromatic rings. The van der Waals surface area contributed by atoms with Gasteiger partial charge in [-0.3, -0.25) is 4.79 Å². The number of pyridine rings is 1. The number of methoxy groups -OCH3 is 1. The van der Waals surface area contributed by atoms with E-state index in [2.05, 4.69) is 27.2 Å². The minimum Gasteiger partial charge on any atom is -0.497 e. The average molecular weight is 397 g/mol. The monoisotopic (exact) mass is 397 g/mol. The Kier molecular flexibility index (Phi) is 4.48. The Balaban J connectivity index is 1.69. The van der Waals surface area contributed by atoms with Gasteiger partial charge < -0.3 is 9.30 Å². The fourth-order valence-corrected chi connectivity index (χ4v) is 3.65. The molecule has 0 aliphatic heterocycles. The molecule has 0 fully saturated rings. The Morgan fingerprint density at radius 1 is 1.00 bits per heavy atom. The van der Waals surface area contributed by atoms with E-state index in [9.17, 15) is 4.79 Å². The van der Waals surface area contributed by atoms with Crippen LogP contribution in [0.3, 0.4) is 0 Å². The van der Waals surface area contributed by atoms with Crippen molar-refractivity contribution in [2.24, 2.45) is 0 Å². The average Bonchev–Trinajstić information content (AvgIpc) is 3.26. The minimum atomic E-state index is -0.0980. The van der Waals surface area contributed by atoms with Gasteiger partial charge in [0.25, 0.3) is 11.3 Å². The standard InChI is InChI=1S/C23H19N5O2/c1-30-18-9-7-17(8-10-18)21-20-19(26-23-24-15-25-28(21)23)12-14-27(22(20)29)13-11-16-5-3-2-4-6-16/h2-10,12,14-15H,11,13H2,1H3. The number of aromatic nitrogens is 5. The summed E-state index contributed by atoms with van der Waals surface area (Å²) in [5.74, 6) is 1.20. The molecule has 0 amide bonds. The van der Waals surface area contributed by atoms with Gasteiger partial charge in [0.1, 0.15) is 12.1 Å². The van der Waals surface area contributed by atoms with Gasteiger partial charge in [-0.25, -0.2) is 4.98 Å². The number of ether oxygens (including phenoxy) is 1. The predicted molar refractivity (Wildman–Crippen MR) is 115 cm³/mol. The zero-order valence-electron chi connectivity index (χ0n) is 16.4. The van der Waals surface area contributed by atoms with Gasteiger partial charge in [-0.2, -0.15) is 14.6 Å². The second kappa shape index (κ2) is 7.44. The highest BCUT2D eigenvalue weighted by Gasteiger charge is 2.17. The Morgan fingerprint density at radius 3 is 2.57 bits per heavy atom. The Hall–Kier alpha value is -4.00. The number of benzene rings is 2. The molecular weight excluding hydrogens is 378 g/mol. The molecule has 5 rings (SSSR count). The molecule has 0 aliphatic carbocycles. The normalized spacial score (nSPS) is 11.2. The van der Waals surface area contributed by atoms with Crippen LogP contribution in [0.2, 0.25) is 0 Å². The molecule has 30 heavy (non-hydrogen) atoms. The minimum absolute atomic E-state index is 0.0980. The van der Waals surface area contributed by atoms with Crippen LogP contribution in [0.1, 0.15) is 5.56 Å². The first-order valence-corrected chi connectivity index (χ1v) is 9.66. The molecular formula is C23H19N5O2. The first kappa shape index (κ1) is 18.1. The molecule has 0 N–H and O–H groups in total. The molecule has 0 spiro atoms. The number of nitrogens with zero attached hydrogens (tertiary/aromatic N) is 5. The number of hydrogen-bond acceptors (Lipinski definition) is 5. The van der Waals surface area contributed by atoms with E-state index in [-0.39, 0.29) is 5.56 Å². The lowest BCUT2D eigenvalue weighted by molar-refractivity contribution is 0.415. The van der Waals surface area contributed by atoms with Crippen molar-refractivity contribution in [2.45, 2.75) is 13.0 Å². The zero-order chi connectivity index (χ0) is 20.5. The number of fused-ring (bicyclic) bond motifs is 2. The lowest BCUT2D eigenvalue weighted by Gasteiger charge is -2.12. The second-order valence-electron chi connectivity index (χ2n) is 6.97. The van der Waals surface area contributed by atoms with Gasteiger partial charge >= 0.3 is 0 Å². The first-order valence-electron chi connectivity index (χ1n) is 9.66. The molecule has 7 heteroatoms. The molecule has 0 bridgehead atoms. The first-order chi connectivity index (χ1) is 14.7. The van der Waals surface area contributed by atoms with E-state index in [1.54, 1.807) is 22.4 Å². The van der Waals surface area contributed by atoms with Gasteiger partial charge in [-0.15, -0.1) is 0 Å². The third kappa shape index (κ3) is 3.10. The molecule has 7 nitrogen and oxygen atoms in total. The van der Waals surface area contributed by atoms with Crippen molar-refractivity contribution in [2.75, 3.05) is 7.11 Å².